The van der Waals surface area contributed by atoms with Gasteiger partial charge in [0.25, 0.3) is 0 Å². The van der Waals surface area contributed by atoms with E-state index < -0.39 is 28.5 Å². The topological polar surface area (TPSA) is 86.8 Å². The van der Waals surface area contributed by atoms with E-state index >= 15 is 0 Å². The Labute approximate surface area is 239 Å². The van der Waals surface area contributed by atoms with Crippen LogP contribution in [0.4, 0.5) is 5.69 Å². The molecule has 0 aliphatic carbocycles. The minimum atomic E-state index is -3.79. The number of anilines is 1. The van der Waals surface area contributed by atoms with Crippen molar-refractivity contribution in [3.05, 3.63) is 101 Å². The Morgan fingerprint density at radius 3 is 2.00 bits per heavy atom. The number of aryl methyl sites for hydroxylation is 2. The lowest BCUT2D eigenvalue weighted by atomic mass is 10.0. The van der Waals surface area contributed by atoms with E-state index in [0.717, 1.165) is 45.7 Å². The monoisotopic (exact) mass is 563 g/mol. The molecule has 0 spiro atoms. The molecule has 2 amide bonds. The zero-order chi connectivity index (χ0) is 29.3. The largest absolute Gasteiger partial charge is 0.352 e. The molecular formula is C32H41N3O4S. The Morgan fingerprint density at radius 2 is 1.45 bits per heavy atom. The van der Waals surface area contributed by atoms with E-state index in [-0.39, 0.29) is 18.5 Å². The first kappa shape index (κ1) is 30.9. The predicted octanol–water partition coefficient (Wildman–Crippen LogP) is 4.88. The van der Waals surface area contributed by atoms with Crippen LogP contribution in [0.15, 0.2) is 78.9 Å². The van der Waals surface area contributed by atoms with Crippen LogP contribution >= 0.6 is 0 Å². The molecule has 0 heterocycles. The van der Waals surface area contributed by atoms with E-state index in [9.17, 15) is 18.0 Å². The van der Waals surface area contributed by atoms with E-state index in [2.05, 4.69) is 5.32 Å². The van der Waals surface area contributed by atoms with E-state index in [0.29, 0.717) is 12.1 Å². The minimum Gasteiger partial charge on any atom is -0.352 e. The minimum absolute atomic E-state index is 0.0771. The van der Waals surface area contributed by atoms with Gasteiger partial charge in [0, 0.05) is 19.0 Å². The molecule has 214 valence electrons. The summed E-state index contributed by atoms with van der Waals surface area (Å²) in [5, 5.41) is 3.04. The summed E-state index contributed by atoms with van der Waals surface area (Å²) in [4.78, 5) is 29.3. The molecule has 0 bridgehead atoms. The quantitative estimate of drug-likeness (QED) is 0.321. The van der Waals surface area contributed by atoms with Crippen molar-refractivity contribution >= 4 is 27.5 Å². The van der Waals surface area contributed by atoms with Gasteiger partial charge >= 0.3 is 0 Å². The van der Waals surface area contributed by atoms with Crippen molar-refractivity contribution in [2.75, 3.05) is 17.1 Å². The summed E-state index contributed by atoms with van der Waals surface area (Å²) in [7, 11) is -3.79. The molecule has 0 saturated heterocycles. The third kappa shape index (κ3) is 8.68. The first-order valence-electron chi connectivity index (χ1n) is 13.8. The first-order chi connectivity index (χ1) is 19.0. The Hall–Kier alpha value is -3.65. The van der Waals surface area contributed by atoms with Crippen LogP contribution in [0.2, 0.25) is 0 Å². The molecule has 0 fully saturated rings. The maximum absolute atomic E-state index is 14.1. The third-order valence-corrected chi connectivity index (χ3v) is 8.20. The molecule has 8 heteroatoms. The maximum Gasteiger partial charge on any atom is 0.244 e. The summed E-state index contributed by atoms with van der Waals surface area (Å²) in [6.07, 6.45) is 2.94. The number of hydrogen-bond acceptors (Lipinski definition) is 4. The fraction of sp³-hybridized carbons (Fsp3) is 0.375. The molecule has 0 aromatic heterocycles. The lowest BCUT2D eigenvalue weighted by Crippen LogP contribution is -2.54. The fourth-order valence-corrected chi connectivity index (χ4v) is 5.25. The van der Waals surface area contributed by atoms with Crippen LogP contribution in [0.1, 0.15) is 49.4 Å². The molecule has 3 aromatic carbocycles. The van der Waals surface area contributed by atoms with E-state index in [1.54, 1.807) is 12.1 Å². The highest BCUT2D eigenvalue weighted by molar-refractivity contribution is 7.92. The molecule has 3 rings (SSSR count). The molecule has 0 saturated carbocycles. The van der Waals surface area contributed by atoms with Crippen LogP contribution in [0.25, 0.3) is 0 Å². The van der Waals surface area contributed by atoms with Gasteiger partial charge in [-0.05, 0) is 55.5 Å². The molecule has 2 atom stereocenters. The average molecular weight is 564 g/mol. The van der Waals surface area contributed by atoms with Crippen molar-refractivity contribution in [1.82, 2.24) is 10.2 Å². The summed E-state index contributed by atoms with van der Waals surface area (Å²) in [5.41, 5.74) is 4.31. The second-order valence-corrected chi connectivity index (χ2v) is 12.2. The lowest BCUT2D eigenvalue weighted by Gasteiger charge is -2.34. The van der Waals surface area contributed by atoms with Gasteiger partial charge in [-0.25, -0.2) is 8.42 Å². The molecule has 3 aromatic rings. The lowest BCUT2D eigenvalue weighted by molar-refractivity contribution is -0.140. The smallest absolute Gasteiger partial charge is 0.244 e. The molecular weight excluding hydrogens is 522 g/mol. The van der Waals surface area contributed by atoms with Crippen LogP contribution in [-0.4, -0.2) is 50.0 Å². The van der Waals surface area contributed by atoms with Crippen molar-refractivity contribution in [2.45, 2.75) is 65.6 Å². The maximum atomic E-state index is 14.1. The van der Waals surface area contributed by atoms with Gasteiger partial charge in [0.15, 0.2) is 0 Å². The summed E-state index contributed by atoms with van der Waals surface area (Å²) in [5.74, 6) is -0.720. The number of nitrogens with zero attached hydrogens (tertiary/aromatic N) is 2. The van der Waals surface area contributed by atoms with E-state index in [1.165, 1.54) is 4.90 Å². The standard InChI is InChI=1S/C32H41N3O4S/c1-6-25(4)33-32(37)30(21-27-11-9-8-10-12-27)34(22-28-15-13-24(3)14-16-28)31(36)23-35(40(5,38)39)29-19-17-26(7-2)18-20-29/h8-20,25,30H,6-7,21-23H2,1-5H3,(H,33,37)/t25-,30+/m0/s1. The molecule has 7 nitrogen and oxygen atoms in total. The summed E-state index contributed by atoms with van der Waals surface area (Å²) in [6, 6.07) is 23.6. The first-order valence-corrected chi connectivity index (χ1v) is 15.6. The molecule has 0 aliphatic rings. The summed E-state index contributed by atoms with van der Waals surface area (Å²) >= 11 is 0. The Kier molecular flexibility index (Phi) is 10.9. The summed E-state index contributed by atoms with van der Waals surface area (Å²) < 4.78 is 26.9. The highest BCUT2D eigenvalue weighted by atomic mass is 32.2. The second kappa shape index (κ2) is 14.1. The molecule has 40 heavy (non-hydrogen) atoms. The number of hydrogen-bond donors (Lipinski definition) is 1. The van der Waals surface area contributed by atoms with Gasteiger partial charge in [-0.15, -0.1) is 0 Å². The molecule has 1 N–H and O–H groups in total. The third-order valence-electron chi connectivity index (χ3n) is 7.06. The van der Waals surface area contributed by atoms with Gasteiger partial charge in [-0.2, -0.15) is 0 Å². The second-order valence-electron chi connectivity index (χ2n) is 10.3. The van der Waals surface area contributed by atoms with Gasteiger partial charge in [0.1, 0.15) is 12.6 Å². The van der Waals surface area contributed by atoms with E-state index in [1.807, 2.05) is 94.4 Å². The molecule has 0 radical (unpaired) electrons. The average Bonchev–Trinajstić information content (AvgIpc) is 2.94. The normalized spacial score (nSPS) is 12.8. The zero-order valence-corrected chi connectivity index (χ0v) is 24.9. The number of nitrogens with one attached hydrogen (secondary N) is 1. The van der Waals surface area contributed by atoms with Gasteiger partial charge in [-0.3, -0.25) is 13.9 Å². The van der Waals surface area contributed by atoms with Crippen molar-refractivity contribution in [3.63, 3.8) is 0 Å². The SMILES string of the molecule is CCc1ccc(N(CC(=O)N(Cc2ccc(C)cc2)[C@H](Cc2ccccc2)C(=O)N[C@@H](C)CC)S(C)(=O)=O)cc1. The van der Waals surface area contributed by atoms with Crippen LogP contribution in [-0.2, 0) is 39.0 Å². The molecule has 0 unspecified atom stereocenters. The van der Waals surface area contributed by atoms with Crippen molar-refractivity contribution in [3.8, 4) is 0 Å². The number of carbonyl (C=O) groups excluding carboxylic acids is 2. The fourth-order valence-electron chi connectivity index (χ4n) is 4.40. The predicted molar refractivity (Wildman–Crippen MR) is 162 cm³/mol. The number of sulfonamides is 1. The van der Waals surface area contributed by atoms with Gasteiger partial charge in [0.05, 0.1) is 11.9 Å². The number of benzene rings is 3. The van der Waals surface area contributed by atoms with E-state index in [4.69, 9.17) is 0 Å². The van der Waals surface area contributed by atoms with Crippen LogP contribution in [0, 0.1) is 6.92 Å². The molecule has 0 aliphatic heterocycles. The zero-order valence-electron chi connectivity index (χ0n) is 24.1. The number of carbonyl (C=O) groups is 2. The van der Waals surface area contributed by atoms with Crippen LogP contribution < -0.4 is 9.62 Å². The highest BCUT2D eigenvalue weighted by Crippen LogP contribution is 2.21. The van der Waals surface area contributed by atoms with Crippen molar-refractivity contribution < 1.29 is 18.0 Å². The van der Waals surface area contributed by atoms with Gasteiger partial charge in [0.2, 0.25) is 21.8 Å². The Morgan fingerprint density at radius 1 is 0.850 bits per heavy atom. The number of amides is 2. The van der Waals surface area contributed by atoms with Crippen LogP contribution in [0.3, 0.4) is 0 Å². The highest BCUT2D eigenvalue weighted by Gasteiger charge is 2.33. The van der Waals surface area contributed by atoms with Crippen molar-refractivity contribution in [1.29, 1.82) is 0 Å². The van der Waals surface area contributed by atoms with Gasteiger partial charge < -0.3 is 10.2 Å². The van der Waals surface area contributed by atoms with Gasteiger partial charge in [-0.1, -0.05) is 86.1 Å². The Bertz CT molecular complexity index is 1360. The summed E-state index contributed by atoms with van der Waals surface area (Å²) in [6.45, 7) is 7.66. The Balaban J connectivity index is 2.04. The van der Waals surface area contributed by atoms with Crippen molar-refractivity contribution in [2.24, 2.45) is 0 Å². The number of rotatable bonds is 13. The van der Waals surface area contributed by atoms with Crippen LogP contribution in [0.5, 0.6) is 0 Å².